The third kappa shape index (κ3) is 3.17. The van der Waals surface area contributed by atoms with Gasteiger partial charge in [-0.1, -0.05) is 6.07 Å². The van der Waals surface area contributed by atoms with Gasteiger partial charge in [-0.25, -0.2) is 12.7 Å². The van der Waals surface area contributed by atoms with Gasteiger partial charge in [0.15, 0.2) is 0 Å². The molecule has 6 nitrogen and oxygen atoms in total. The number of aromatic nitrogens is 1. The van der Waals surface area contributed by atoms with Gasteiger partial charge in [0.25, 0.3) is 5.91 Å². The van der Waals surface area contributed by atoms with E-state index in [1.807, 2.05) is 35.8 Å². The van der Waals surface area contributed by atoms with Crippen molar-refractivity contribution in [1.82, 2.24) is 8.87 Å². The molecule has 0 atom stereocenters. The summed E-state index contributed by atoms with van der Waals surface area (Å²) in [5.41, 5.74) is 2.74. The first-order valence-corrected chi connectivity index (χ1v) is 9.18. The van der Waals surface area contributed by atoms with Crippen molar-refractivity contribution in [1.29, 1.82) is 0 Å². The highest BCUT2D eigenvalue weighted by Crippen LogP contribution is 2.24. The molecule has 7 heteroatoms. The van der Waals surface area contributed by atoms with Crippen LogP contribution in [0, 0.1) is 13.8 Å². The Kier molecular flexibility index (Phi) is 5.03. The number of nitrogens with zero attached hydrogens (tertiary/aromatic N) is 2. The number of aryl methyl sites for hydroxylation is 1. The Bertz CT molecular complexity index is 869. The van der Waals surface area contributed by atoms with E-state index in [2.05, 4.69) is 0 Å². The summed E-state index contributed by atoms with van der Waals surface area (Å²) in [5, 5.41) is 0. The first-order chi connectivity index (χ1) is 11.2. The molecule has 2 rings (SSSR count). The maximum absolute atomic E-state index is 12.6. The second-order valence-corrected chi connectivity index (χ2v) is 7.78. The summed E-state index contributed by atoms with van der Waals surface area (Å²) in [5.74, 6) is 0.0572. The van der Waals surface area contributed by atoms with Crippen LogP contribution in [0.5, 0.6) is 5.75 Å². The lowest BCUT2D eigenvalue weighted by Gasteiger charge is -2.16. The standard InChI is InChI=1S/C17H22N2O4S/c1-6-24(21,22)18(4)17(20)16-10-12(2)19(13(16)3)14-8-7-9-15(11-14)23-5/h7-11H,6H2,1-5H3. The van der Waals surface area contributed by atoms with Crippen molar-refractivity contribution in [2.75, 3.05) is 19.9 Å². The lowest BCUT2D eigenvalue weighted by Crippen LogP contribution is -2.34. The van der Waals surface area contributed by atoms with E-state index in [1.54, 1.807) is 20.1 Å². The van der Waals surface area contributed by atoms with Crippen LogP contribution >= 0.6 is 0 Å². The molecule has 0 aliphatic rings. The van der Waals surface area contributed by atoms with Crippen molar-refractivity contribution < 1.29 is 17.9 Å². The van der Waals surface area contributed by atoms with Gasteiger partial charge in [-0.15, -0.1) is 0 Å². The summed E-state index contributed by atoms with van der Waals surface area (Å²) in [6.07, 6.45) is 0. The minimum atomic E-state index is -3.59. The van der Waals surface area contributed by atoms with Crippen molar-refractivity contribution in [2.24, 2.45) is 0 Å². The van der Waals surface area contributed by atoms with E-state index in [4.69, 9.17) is 4.74 Å². The zero-order chi connectivity index (χ0) is 18.1. The second-order valence-electron chi connectivity index (χ2n) is 5.49. The Labute approximate surface area is 142 Å². The average Bonchev–Trinajstić information content (AvgIpc) is 2.88. The molecule has 130 valence electrons. The highest BCUT2D eigenvalue weighted by Gasteiger charge is 2.26. The van der Waals surface area contributed by atoms with Crippen LogP contribution in [0.4, 0.5) is 0 Å². The Morgan fingerprint density at radius 1 is 1.25 bits per heavy atom. The zero-order valence-corrected chi connectivity index (χ0v) is 15.3. The van der Waals surface area contributed by atoms with Crippen molar-refractivity contribution in [2.45, 2.75) is 20.8 Å². The molecule has 0 aliphatic heterocycles. The maximum Gasteiger partial charge on any atom is 0.268 e. The van der Waals surface area contributed by atoms with E-state index >= 15 is 0 Å². The first-order valence-electron chi connectivity index (χ1n) is 7.57. The SMILES string of the molecule is CCS(=O)(=O)N(C)C(=O)c1cc(C)n(-c2cccc(OC)c2)c1C. The molecule has 0 spiro atoms. The van der Waals surface area contributed by atoms with Gasteiger partial charge in [-0.3, -0.25) is 4.79 Å². The fourth-order valence-electron chi connectivity index (χ4n) is 2.62. The predicted molar refractivity (Wildman–Crippen MR) is 93.3 cm³/mol. The Morgan fingerprint density at radius 3 is 2.50 bits per heavy atom. The summed E-state index contributed by atoms with van der Waals surface area (Å²) in [7, 11) is -0.705. The topological polar surface area (TPSA) is 68.6 Å². The van der Waals surface area contributed by atoms with E-state index in [1.165, 1.54) is 14.0 Å². The number of sulfonamides is 1. The third-order valence-electron chi connectivity index (χ3n) is 4.04. The number of rotatable bonds is 5. The van der Waals surface area contributed by atoms with Crippen LogP contribution in [-0.2, 0) is 10.0 Å². The minimum absolute atomic E-state index is 0.121. The van der Waals surface area contributed by atoms with Crippen LogP contribution in [0.2, 0.25) is 0 Å². The molecule has 0 saturated carbocycles. The number of carbonyl (C=O) groups is 1. The monoisotopic (exact) mass is 350 g/mol. The molecule has 0 bridgehead atoms. The third-order valence-corrected chi connectivity index (χ3v) is 5.77. The van der Waals surface area contributed by atoms with Crippen molar-refractivity contribution in [3.05, 3.63) is 47.3 Å². The number of benzene rings is 1. The summed E-state index contributed by atoms with van der Waals surface area (Å²) in [6, 6.07) is 9.18. The fraction of sp³-hybridized carbons (Fsp3) is 0.353. The number of hydrogen-bond acceptors (Lipinski definition) is 4. The summed E-state index contributed by atoms with van der Waals surface area (Å²) in [6.45, 7) is 5.18. The Hall–Kier alpha value is -2.28. The lowest BCUT2D eigenvalue weighted by atomic mass is 10.2. The molecular formula is C17H22N2O4S. The highest BCUT2D eigenvalue weighted by atomic mass is 32.2. The van der Waals surface area contributed by atoms with Crippen LogP contribution in [0.1, 0.15) is 28.7 Å². The molecule has 1 heterocycles. The van der Waals surface area contributed by atoms with Crippen molar-refractivity contribution >= 4 is 15.9 Å². The average molecular weight is 350 g/mol. The van der Waals surface area contributed by atoms with E-state index in [0.29, 0.717) is 17.0 Å². The molecule has 24 heavy (non-hydrogen) atoms. The first kappa shape index (κ1) is 18.1. The second kappa shape index (κ2) is 6.68. The van der Waals surface area contributed by atoms with Crippen LogP contribution in [0.3, 0.4) is 0 Å². The van der Waals surface area contributed by atoms with E-state index in [0.717, 1.165) is 15.7 Å². The van der Waals surface area contributed by atoms with Crippen LogP contribution in [0.25, 0.3) is 5.69 Å². The minimum Gasteiger partial charge on any atom is -0.497 e. The molecule has 0 N–H and O–H groups in total. The van der Waals surface area contributed by atoms with Crippen LogP contribution < -0.4 is 4.74 Å². The van der Waals surface area contributed by atoms with Gasteiger partial charge in [0.05, 0.1) is 18.4 Å². The normalized spacial score (nSPS) is 11.4. The van der Waals surface area contributed by atoms with Gasteiger partial charge in [0.1, 0.15) is 5.75 Å². The van der Waals surface area contributed by atoms with E-state index in [-0.39, 0.29) is 5.75 Å². The number of methoxy groups -OCH3 is 1. The molecule has 2 aromatic rings. The van der Waals surface area contributed by atoms with Crippen LogP contribution in [0.15, 0.2) is 30.3 Å². The Balaban J connectivity index is 2.51. The van der Waals surface area contributed by atoms with Gasteiger partial charge < -0.3 is 9.30 Å². The fourth-order valence-corrected chi connectivity index (χ4v) is 3.35. The summed E-state index contributed by atoms with van der Waals surface area (Å²) >= 11 is 0. The van der Waals surface area contributed by atoms with Gasteiger partial charge in [-0.2, -0.15) is 0 Å². The highest BCUT2D eigenvalue weighted by molar-refractivity contribution is 7.89. The number of amides is 1. The number of hydrogen-bond donors (Lipinski definition) is 0. The van der Waals surface area contributed by atoms with Gasteiger partial charge in [0, 0.05) is 30.2 Å². The zero-order valence-electron chi connectivity index (χ0n) is 14.5. The number of carbonyl (C=O) groups excluding carboxylic acids is 1. The lowest BCUT2D eigenvalue weighted by molar-refractivity contribution is 0.0882. The van der Waals surface area contributed by atoms with E-state index < -0.39 is 15.9 Å². The summed E-state index contributed by atoms with van der Waals surface area (Å²) in [4.78, 5) is 12.6. The van der Waals surface area contributed by atoms with Gasteiger partial charge >= 0.3 is 0 Å². The Morgan fingerprint density at radius 2 is 1.92 bits per heavy atom. The summed E-state index contributed by atoms with van der Waals surface area (Å²) < 4.78 is 31.9. The quantitative estimate of drug-likeness (QED) is 0.831. The van der Waals surface area contributed by atoms with Crippen LogP contribution in [-0.4, -0.2) is 43.1 Å². The molecular weight excluding hydrogens is 328 g/mol. The number of ether oxygens (including phenoxy) is 1. The smallest absolute Gasteiger partial charge is 0.268 e. The molecule has 1 amide bonds. The van der Waals surface area contributed by atoms with Crippen molar-refractivity contribution in [3.8, 4) is 11.4 Å². The van der Waals surface area contributed by atoms with Crippen molar-refractivity contribution in [3.63, 3.8) is 0 Å². The predicted octanol–water partition coefficient (Wildman–Crippen LogP) is 2.52. The van der Waals surface area contributed by atoms with Gasteiger partial charge in [0.2, 0.25) is 10.0 Å². The van der Waals surface area contributed by atoms with E-state index in [9.17, 15) is 13.2 Å². The molecule has 0 fully saturated rings. The molecule has 0 unspecified atom stereocenters. The largest absolute Gasteiger partial charge is 0.497 e. The molecule has 1 aromatic heterocycles. The molecule has 1 aromatic carbocycles. The maximum atomic E-state index is 12.6. The molecule has 0 saturated heterocycles. The molecule has 0 radical (unpaired) electrons. The molecule has 0 aliphatic carbocycles. The van der Waals surface area contributed by atoms with Gasteiger partial charge in [-0.05, 0) is 39.0 Å².